The zero-order valence-electron chi connectivity index (χ0n) is 16.8. The number of rotatable bonds is 3. The number of aromatic nitrogens is 3. The highest BCUT2D eigenvalue weighted by atomic mass is 35.5. The van der Waals surface area contributed by atoms with E-state index in [1.54, 1.807) is 6.20 Å². The molecule has 0 saturated heterocycles. The lowest BCUT2D eigenvalue weighted by atomic mass is 10.2. The molecular formula is C18H28ClN3O3Si. The monoisotopic (exact) mass is 397 g/mol. The van der Waals surface area contributed by atoms with Crippen LogP contribution >= 0.6 is 11.6 Å². The Bertz CT molecular complexity index is 819. The molecule has 0 aliphatic carbocycles. The molecule has 2 aromatic heterocycles. The summed E-state index contributed by atoms with van der Waals surface area (Å²) in [6, 6.07) is 1.85. The lowest BCUT2D eigenvalue weighted by Gasteiger charge is -2.36. The Kier molecular flexibility index (Phi) is 5.57. The molecule has 26 heavy (non-hydrogen) atoms. The molecular weight excluding hydrogens is 370 g/mol. The van der Waals surface area contributed by atoms with Crippen LogP contribution in [0.25, 0.3) is 11.0 Å². The molecule has 0 radical (unpaired) electrons. The first kappa shape index (κ1) is 20.9. The van der Waals surface area contributed by atoms with Gasteiger partial charge in [-0.2, -0.15) is 4.98 Å². The fraction of sp³-hybridized carbons (Fsp3) is 0.611. The van der Waals surface area contributed by atoms with Gasteiger partial charge < -0.3 is 9.16 Å². The number of carbonyl (C=O) groups is 1. The molecule has 0 atom stereocenters. The maximum atomic E-state index is 12.8. The van der Waals surface area contributed by atoms with Gasteiger partial charge in [0.1, 0.15) is 5.60 Å². The van der Waals surface area contributed by atoms with E-state index in [0.717, 1.165) is 0 Å². The van der Waals surface area contributed by atoms with Gasteiger partial charge in [-0.25, -0.2) is 14.3 Å². The van der Waals surface area contributed by atoms with Crippen molar-refractivity contribution in [2.45, 2.75) is 71.9 Å². The fourth-order valence-electron chi connectivity index (χ4n) is 2.11. The lowest BCUT2D eigenvalue weighted by Crippen LogP contribution is -2.40. The van der Waals surface area contributed by atoms with Gasteiger partial charge in [0.05, 0.1) is 12.3 Å². The number of fused-ring (bicyclic) bond motifs is 1. The van der Waals surface area contributed by atoms with Crippen LogP contribution in [0, 0.1) is 0 Å². The summed E-state index contributed by atoms with van der Waals surface area (Å²) in [5.74, 6) is 0. The number of ether oxygens (including phenoxy) is 1. The van der Waals surface area contributed by atoms with E-state index in [9.17, 15) is 4.79 Å². The Labute approximate surface area is 161 Å². The molecule has 144 valence electrons. The number of halogens is 1. The van der Waals surface area contributed by atoms with E-state index in [1.165, 1.54) is 4.57 Å². The van der Waals surface area contributed by atoms with Gasteiger partial charge in [-0.3, -0.25) is 0 Å². The van der Waals surface area contributed by atoms with E-state index in [1.807, 2.05) is 26.8 Å². The van der Waals surface area contributed by atoms with Crippen LogP contribution in [-0.2, 0) is 15.8 Å². The second-order valence-corrected chi connectivity index (χ2v) is 14.1. The molecule has 8 heteroatoms. The Balaban J connectivity index is 2.45. The van der Waals surface area contributed by atoms with E-state index in [4.69, 9.17) is 20.8 Å². The predicted molar refractivity (Wildman–Crippen MR) is 106 cm³/mol. The predicted octanol–water partition coefficient (Wildman–Crippen LogP) is 5.39. The zero-order chi connectivity index (χ0) is 19.9. The first-order valence-corrected chi connectivity index (χ1v) is 11.9. The van der Waals surface area contributed by atoms with Gasteiger partial charge in [0.25, 0.3) is 0 Å². The summed E-state index contributed by atoms with van der Waals surface area (Å²) in [6.45, 7) is 16.6. The number of nitrogens with zero attached hydrogens (tertiary/aromatic N) is 3. The van der Waals surface area contributed by atoms with Crippen LogP contribution in [0.15, 0.2) is 12.3 Å². The van der Waals surface area contributed by atoms with Gasteiger partial charge in [0.15, 0.2) is 14.0 Å². The van der Waals surface area contributed by atoms with Crippen molar-refractivity contribution in [2.24, 2.45) is 0 Å². The van der Waals surface area contributed by atoms with Crippen molar-refractivity contribution in [1.29, 1.82) is 0 Å². The summed E-state index contributed by atoms with van der Waals surface area (Å²) >= 11 is 5.94. The maximum absolute atomic E-state index is 12.8. The molecule has 0 N–H and O–H groups in total. The minimum Gasteiger partial charge on any atom is -0.443 e. The average Bonchev–Trinajstić information content (AvgIpc) is 2.79. The summed E-state index contributed by atoms with van der Waals surface area (Å²) in [7, 11) is -1.98. The van der Waals surface area contributed by atoms with Crippen LogP contribution in [0.3, 0.4) is 0 Å². The largest absolute Gasteiger partial charge is 0.443 e. The maximum Gasteiger partial charge on any atom is 0.420 e. The Morgan fingerprint density at radius 2 is 1.85 bits per heavy atom. The lowest BCUT2D eigenvalue weighted by molar-refractivity contribution is 0.0533. The van der Waals surface area contributed by atoms with E-state index in [-0.39, 0.29) is 10.3 Å². The summed E-state index contributed by atoms with van der Waals surface area (Å²) in [4.78, 5) is 21.0. The molecule has 0 bridgehead atoms. The summed E-state index contributed by atoms with van der Waals surface area (Å²) < 4.78 is 13.3. The number of carbonyl (C=O) groups excluding carboxylic acids is 1. The van der Waals surface area contributed by atoms with Crippen LogP contribution in [0.5, 0.6) is 0 Å². The molecule has 0 fully saturated rings. The third kappa shape index (κ3) is 4.63. The van der Waals surface area contributed by atoms with Crippen LogP contribution in [0.2, 0.25) is 23.4 Å². The molecule has 0 unspecified atom stereocenters. The highest BCUT2D eigenvalue weighted by molar-refractivity contribution is 6.74. The first-order chi connectivity index (χ1) is 11.7. The van der Waals surface area contributed by atoms with Crippen molar-refractivity contribution in [1.82, 2.24) is 14.5 Å². The van der Waals surface area contributed by atoms with Crippen molar-refractivity contribution in [3.8, 4) is 0 Å². The molecule has 0 aliphatic rings. The Morgan fingerprint density at radius 1 is 1.23 bits per heavy atom. The standard InChI is InChI=1S/C18H28ClN3O3Si/c1-17(2,3)25-16(23)22-13(11-24-26(7,8)18(4,5)6)9-12-10-20-15(19)21-14(12)22/h9-10H,11H2,1-8H3. The van der Waals surface area contributed by atoms with Gasteiger partial charge in [0.2, 0.25) is 5.28 Å². The molecule has 0 amide bonds. The smallest absolute Gasteiger partial charge is 0.420 e. The second-order valence-electron chi connectivity index (χ2n) is 8.92. The van der Waals surface area contributed by atoms with Crippen LogP contribution in [-0.4, -0.2) is 34.5 Å². The van der Waals surface area contributed by atoms with Gasteiger partial charge >= 0.3 is 6.09 Å². The first-order valence-electron chi connectivity index (χ1n) is 8.61. The van der Waals surface area contributed by atoms with Crippen molar-refractivity contribution >= 4 is 37.0 Å². The SMILES string of the molecule is CC(C)(C)OC(=O)n1c(CO[Si](C)(C)C(C)(C)C)cc2cnc(Cl)nc21. The summed E-state index contributed by atoms with van der Waals surface area (Å²) in [6.07, 6.45) is 1.09. The Morgan fingerprint density at radius 3 is 2.38 bits per heavy atom. The van der Waals surface area contributed by atoms with Gasteiger partial charge in [0, 0.05) is 11.6 Å². The molecule has 2 heterocycles. The quantitative estimate of drug-likeness (QED) is 0.513. The molecule has 0 aliphatic heterocycles. The van der Waals surface area contributed by atoms with Crippen molar-refractivity contribution in [2.75, 3.05) is 0 Å². The number of hydrogen-bond donors (Lipinski definition) is 0. The molecule has 2 aromatic rings. The van der Waals surface area contributed by atoms with Gasteiger partial charge in [-0.15, -0.1) is 0 Å². The highest BCUT2D eigenvalue weighted by Gasteiger charge is 2.37. The van der Waals surface area contributed by atoms with Crippen molar-refractivity contribution < 1.29 is 14.0 Å². The molecule has 2 rings (SSSR count). The third-order valence-corrected chi connectivity index (χ3v) is 9.21. The van der Waals surface area contributed by atoms with Crippen molar-refractivity contribution in [3.63, 3.8) is 0 Å². The summed E-state index contributed by atoms with van der Waals surface area (Å²) in [5, 5.41) is 0.866. The van der Waals surface area contributed by atoms with E-state index < -0.39 is 20.0 Å². The summed E-state index contributed by atoms with van der Waals surface area (Å²) in [5.41, 5.74) is 0.478. The van der Waals surface area contributed by atoms with Crippen LogP contribution in [0.4, 0.5) is 4.79 Å². The molecule has 0 saturated carbocycles. The molecule has 0 aromatic carbocycles. The normalized spacial score (nSPS) is 13.3. The van der Waals surface area contributed by atoms with Gasteiger partial charge in [-0.05, 0) is 56.6 Å². The average molecular weight is 398 g/mol. The minimum atomic E-state index is -1.98. The molecule has 0 spiro atoms. The Hall–Kier alpha value is -1.44. The van der Waals surface area contributed by atoms with E-state index in [2.05, 4.69) is 43.8 Å². The highest BCUT2D eigenvalue weighted by Crippen LogP contribution is 2.37. The zero-order valence-corrected chi connectivity index (χ0v) is 18.6. The number of hydrogen-bond acceptors (Lipinski definition) is 5. The third-order valence-electron chi connectivity index (χ3n) is 4.55. The minimum absolute atomic E-state index is 0.0683. The van der Waals surface area contributed by atoms with Gasteiger partial charge in [-0.1, -0.05) is 20.8 Å². The van der Waals surface area contributed by atoms with Crippen LogP contribution < -0.4 is 0 Å². The molecule has 6 nitrogen and oxygen atoms in total. The van der Waals surface area contributed by atoms with Crippen LogP contribution in [0.1, 0.15) is 47.2 Å². The second kappa shape index (κ2) is 6.94. The van der Waals surface area contributed by atoms with E-state index >= 15 is 0 Å². The topological polar surface area (TPSA) is 66.2 Å². The van der Waals surface area contributed by atoms with E-state index in [0.29, 0.717) is 23.3 Å². The fourth-order valence-corrected chi connectivity index (χ4v) is 3.18. The van der Waals surface area contributed by atoms with Crippen molar-refractivity contribution in [3.05, 3.63) is 23.2 Å².